The Morgan fingerprint density at radius 1 is 1.29 bits per heavy atom. The number of nitrogen functional groups attached to an aromatic ring is 1. The van der Waals surface area contributed by atoms with E-state index in [9.17, 15) is 4.79 Å². The van der Waals surface area contributed by atoms with Gasteiger partial charge in [0.2, 0.25) is 0 Å². The lowest BCUT2D eigenvalue weighted by Crippen LogP contribution is -2.40. The van der Waals surface area contributed by atoms with E-state index in [0.29, 0.717) is 18.1 Å². The zero-order chi connectivity index (χ0) is 24.0. The average molecular weight is 465 g/mol. The van der Waals surface area contributed by atoms with E-state index in [-0.39, 0.29) is 17.6 Å². The number of nitrogens with two attached hydrogens (primary N) is 1. The van der Waals surface area contributed by atoms with E-state index in [1.54, 1.807) is 6.20 Å². The molecule has 2 amide bonds. The molecule has 3 aromatic rings. The molecule has 2 aliphatic heterocycles. The molecule has 1 saturated heterocycles. The van der Waals surface area contributed by atoms with E-state index in [2.05, 4.69) is 26.1 Å². The molecule has 0 radical (unpaired) electrons. The van der Waals surface area contributed by atoms with Crippen LogP contribution in [0.2, 0.25) is 0 Å². The molecule has 5 rings (SSSR count). The second kappa shape index (κ2) is 8.34. The number of fused-ring (bicyclic) bond motifs is 2. The molecule has 0 saturated carbocycles. The van der Waals surface area contributed by atoms with Gasteiger partial charge in [-0.15, -0.1) is 0 Å². The number of anilines is 1. The first-order valence-corrected chi connectivity index (χ1v) is 11.8. The number of urea groups is 1. The number of aryl methyl sites for hydroxylation is 3. The van der Waals surface area contributed by atoms with Gasteiger partial charge in [0.05, 0.1) is 17.6 Å². The third-order valence-electron chi connectivity index (χ3n) is 7.14. The van der Waals surface area contributed by atoms with Crippen LogP contribution in [0.5, 0.6) is 5.75 Å². The molecule has 3 aromatic heterocycles. The zero-order valence-corrected chi connectivity index (χ0v) is 20.2. The third kappa shape index (κ3) is 3.66. The van der Waals surface area contributed by atoms with E-state index in [1.165, 1.54) is 5.69 Å². The molecule has 2 atom stereocenters. The summed E-state index contributed by atoms with van der Waals surface area (Å²) in [7, 11) is 1.90. The number of nitrogens with zero attached hydrogens (tertiary/aromatic N) is 6. The largest absolute Gasteiger partial charge is 0.481 e. The molecule has 0 aromatic carbocycles. The van der Waals surface area contributed by atoms with Crippen LogP contribution in [0.1, 0.15) is 49.7 Å². The van der Waals surface area contributed by atoms with Gasteiger partial charge in [0.1, 0.15) is 6.10 Å². The van der Waals surface area contributed by atoms with Crippen molar-refractivity contribution in [2.24, 2.45) is 7.05 Å². The number of carbonyl (C=O) groups is 1. The van der Waals surface area contributed by atoms with Crippen LogP contribution in [-0.2, 0) is 19.0 Å². The quantitative estimate of drug-likeness (QED) is 0.600. The predicted molar refractivity (Wildman–Crippen MR) is 128 cm³/mol. The molecule has 3 N–H and O–H groups in total. The summed E-state index contributed by atoms with van der Waals surface area (Å²) >= 11 is 0. The molecular weight excluding hydrogens is 432 g/mol. The van der Waals surface area contributed by atoms with Crippen molar-refractivity contribution in [1.82, 2.24) is 34.8 Å². The summed E-state index contributed by atoms with van der Waals surface area (Å²) < 4.78 is 10.1. The number of ether oxygens (including phenoxy) is 1. The fourth-order valence-corrected chi connectivity index (χ4v) is 5.40. The lowest BCUT2D eigenvalue weighted by atomic mass is 9.82. The first kappa shape index (κ1) is 22.2. The Hall–Kier alpha value is -3.56. The third-order valence-corrected chi connectivity index (χ3v) is 7.14. The smallest absolute Gasteiger partial charge is 0.317 e. The lowest BCUT2D eigenvalue weighted by molar-refractivity contribution is 0.206. The zero-order valence-electron chi connectivity index (χ0n) is 20.2. The topological polar surface area (TPSA) is 116 Å². The maximum atomic E-state index is 12.4. The highest BCUT2D eigenvalue weighted by Gasteiger charge is 2.46. The molecule has 180 valence electrons. The van der Waals surface area contributed by atoms with Crippen LogP contribution >= 0.6 is 0 Å². The number of likely N-dealkylation sites (tertiary alicyclic amines) is 1. The number of carbonyl (C=O) groups excluding carboxylic acids is 1. The minimum atomic E-state index is -0.235. The fraction of sp³-hybridized carbons (Fsp3) is 0.500. The highest BCUT2D eigenvalue weighted by molar-refractivity contribution is 5.75. The lowest BCUT2D eigenvalue weighted by Gasteiger charge is -2.23. The van der Waals surface area contributed by atoms with Crippen molar-refractivity contribution in [3.8, 4) is 17.0 Å². The molecule has 10 heteroatoms. The predicted octanol–water partition coefficient (Wildman–Crippen LogP) is 2.79. The van der Waals surface area contributed by atoms with Gasteiger partial charge in [-0.1, -0.05) is 0 Å². The van der Waals surface area contributed by atoms with Crippen molar-refractivity contribution in [3.05, 3.63) is 41.5 Å². The Labute approximate surface area is 199 Å². The molecule has 10 nitrogen and oxygen atoms in total. The first-order valence-electron chi connectivity index (χ1n) is 11.8. The fourth-order valence-electron chi connectivity index (χ4n) is 5.40. The summed E-state index contributed by atoms with van der Waals surface area (Å²) in [5.41, 5.74) is 11.0. The van der Waals surface area contributed by atoms with Crippen LogP contribution < -0.4 is 15.8 Å². The van der Waals surface area contributed by atoms with Crippen molar-refractivity contribution >= 4 is 11.8 Å². The van der Waals surface area contributed by atoms with Crippen molar-refractivity contribution < 1.29 is 9.53 Å². The SMILES string of the molecule is CCNC(=O)N1CC[C@@]2(CCn3nc(-c4cnc(N)c(OC(C)c5c(C)cnn5C)c4)cc32)C1. The van der Waals surface area contributed by atoms with Crippen molar-refractivity contribution in [1.29, 1.82) is 0 Å². The van der Waals surface area contributed by atoms with Crippen molar-refractivity contribution in [2.75, 3.05) is 25.4 Å². The molecular formula is C24H32N8O2. The van der Waals surface area contributed by atoms with Gasteiger partial charge in [0.15, 0.2) is 11.6 Å². The maximum absolute atomic E-state index is 12.4. The Bertz CT molecular complexity index is 1210. The molecule has 0 bridgehead atoms. The number of hydrogen-bond donors (Lipinski definition) is 2. The summed E-state index contributed by atoms with van der Waals surface area (Å²) in [4.78, 5) is 18.7. The second-order valence-electron chi connectivity index (χ2n) is 9.38. The average Bonchev–Trinajstić information content (AvgIpc) is 3.56. The summed E-state index contributed by atoms with van der Waals surface area (Å²) in [5.74, 6) is 0.865. The van der Waals surface area contributed by atoms with E-state index >= 15 is 0 Å². The van der Waals surface area contributed by atoms with Crippen LogP contribution in [0.4, 0.5) is 10.6 Å². The van der Waals surface area contributed by atoms with E-state index in [0.717, 1.165) is 55.0 Å². The molecule has 34 heavy (non-hydrogen) atoms. The Morgan fingerprint density at radius 2 is 2.09 bits per heavy atom. The normalized spacial score (nSPS) is 20.1. The molecule has 2 aliphatic rings. The second-order valence-corrected chi connectivity index (χ2v) is 9.38. The van der Waals surface area contributed by atoms with Crippen LogP contribution in [0.25, 0.3) is 11.3 Å². The summed E-state index contributed by atoms with van der Waals surface area (Å²) in [6.45, 7) is 8.90. The van der Waals surface area contributed by atoms with E-state index < -0.39 is 0 Å². The van der Waals surface area contributed by atoms with Gasteiger partial charge in [0, 0.05) is 56.1 Å². The van der Waals surface area contributed by atoms with Crippen LogP contribution in [-0.4, -0.2) is 55.1 Å². The van der Waals surface area contributed by atoms with Crippen LogP contribution in [0, 0.1) is 6.92 Å². The van der Waals surface area contributed by atoms with Gasteiger partial charge in [0.25, 0.3) is 0 Å². The van der Waals surface area contributed by atoms with Crippen LogP contribution in [0.15, 0.2) is 24.5 Å². The first-order chi connectivity index (χ1) is 16.3. The van der Waals surface area contributed by atoms with Crippen molar-refractivity contribution in [2.45, 2.75) is 51.7 Å². The summed E-state index contributed by atoms with van der Waals surface area (Å²) in [5, 5.41) is 12.1. The highest BCUT2D eigenvalue weighted by Crippen LogP contribution is 2.44. The Kier molecular flexibility index (Phi) is 5.45. The number of hydrogen-bond acceptors (Lipinski definition) is 6. The number of pyridine rings is 1. The van der Waals surface area contributed by atoms with Gasteiger partial charge in [-0.2, -0.15) is 10.2 Å². The van der Waals surface area contributed by atoms with Crippen molar-refractivity contribution in [3.63, 3.8) is 0 Å². The highest BCUT2D eigenvalue weighted by atomic mass is 16.5. The molecule has 5 heterocycles. The molecule has 1 unspecified atom stereocenters. The van der Waals surface area contributed by atoms with Gasteiger partial charge < -0.3 is 20.7 Å². The number of aromatic nitrogens is 5. The number of amides is 2. The molecule has 1 fully saturated rings. The van der Waals surface area contributed by atoms with Gasteiger partial charge in [-0.05, 0) is 51.3 Å². The Balaban J connectivity index is 1.39. The summed E-state index contributed by atoms with van der Waals surface area (Å²) in [6, 6.07) is 4.06. The molecule has 1 spiro atoms. The summed E-state index contributed by atoms with van der Waals surface area (Å²) in [6.07, 6.45) is 5.28. The maximum Gasteiger partial charge on any atom is 0.317 e. The van der Waals surface area contributed by atoms with Gasteiger partial charge in [-0.3, -0.25) is 9.36 Å². The minimum Gasteiger partial charge on any atom is -0.481 e. The minimum absolute atomic E-state index is 0.0138. The Morgan fingerprint density at radius 3 is 2.82 bits per heavy atom. The van der Waals surface area contributed by atoms with Crippen LogP contribution in [0.3, 0.4) is 0 Å². The van der Waals surface area contributed by atoms with E-state index in [4.69, 9.17) is 15.6 Å². The van der Waals surface area contributed by atoms with E-state index in [1.807, 2.05) is 49.7 Å². The number of rotatable bonds is 5. The number of nitrogens with one attached hydrogen (secondary N) is 1. The van der Waals surface area contributed by atoms with Gasteiger partial charge in [-0.25, -0.2) is 9.78 Å². The molecule has 0 aliphatic carbocycles. The van der Waals surface area contributed by atoms with Gasteiger partial charge >= 0.3 is 6.03 Å². The monoisotopic (exact) mass is 464 g/mol. The standard InChI is InChI=1S/C24H32N8O2/c1-5-26-23(33)31-8-6-24(14-31)7-9-32-20(24)11-18(29-32)17-10-19(22(25)27-13-17)34-16(3)21-15(2)12-28-30(21)4/h10-13,16H,5-9,14H2,1-4H3,(H2,25,27)(H,26,33)/t16?,24-/m1/s1.